The van der Waals surface area contributed by atoms with Crippen molar-refractivity contribution in [2.24, 2.45) is 0 Å². The van der Waals surface area contributed by atoms with Gasteiger partial charge in [0, 0.05) is 56.2 Å². The van der Waals surface area contributed by atoms with Gasteiger partial charge in [0.05, 0.1) is 18.8 Å². The lowest BCUT2D eigenvalue weighted by atomic mass is 10.2. The topological polar surface area (TPSA) is 73.8 Å². The zero-order valence-electron chi connectivity index (χ0n) is 17.0. The minimum absolute atomic E-state index is 0.0155. The van der Waals surface area contributed by atoms with E-state index in [9.17, 15) is 15.3 Å². The van der Waals surface area contributed by atoms with E-state index in [1.165, 1.54) is 0 Å². The van der Waals surface area contributed by atoms with E-state index >= 15 is 0 Å². The highest BCUT2D eigenvalue weighted by molar-refractivity contribution is 5.80. The lowest BCUT2D eigenvalue weighted by Crippen LogP contribution is -2.41. The zero-order valence-corrected chi connectivity index (χ0v) is 17.0. The van der Waals surface area contributed by atoms with E-state index in [1.807, 2.05) is 75.0 Å². The number of aliphatic hydroxyl groups excluding tert-OH is 3. The summed E-state index contributed by atoms with van der Waals surface area (Å²) in [6, 6.07) is 20.3. The summed E-state index contributed by atoms with van der Waals surface area (Å²) in [5.41, 5.74) is 2.18. The number of hydrogen-bond acceptors (Lipinski definition) is 4. The Morgan fingerprint density at radius 3 is 1.63 bits per heavy atom. The maximum atomic E-state index is 10.7. The van der Waals surface area contributed by atoms with Gasteiger partial charge in [0.1, 0.15) is 0 Å². The molecule has 0 aliphatic carbocycles. The van der Waals surface area contributed by atoms with E-state index in [0.29, 0.717) is 32.7 Å². The number of hydrogen-bond donors (Lipinski definition) is 3. The van der Waals surface area contributed by atoms with E-state index in [-0.39, 0.29) is 6.61 Å². The molecule has 0 aliphatic heterocycles. The summed E-state index contributed by atoms with van der Waals surface area (Å²) >= 11 is 0. The Hall–Kier alpha value is -2.64. The molecule has 4 aromatic rings. The van der Waals surface area contributed by atoms with Crippen LogP contribution in [0.15, 0.2) is 73.1 Å². The summed E-state index contributed by atoms with van der Waals surface area (Å²) in [6.07, 6.45) is 2.76. The smallest absolute Gasteiger partial charge is 0.0845 e. The molecule has 6 nitrogen and oxygen atoms in total. The molecule has 0 amide bonds. The van der Waals surface area contributed by atoms with Gasteiger partial charge in [-0.25, -0.2) is 0 Å². The molecule has 2 aromatic carbocycles. The lowest BCUT2D eigenvalue weighted by molar-refractivity contribution is 0.0485. The number of para-hydroxylation sites is 2. The number of aliphatic hydroxyl groups is 3. The predicted molar refractivity (Wildman–Crippen MR) is 119 cm³/mol. The van der Waals surface area contributed by atoms with Crippen LogP contribution >= 0.6 is 0 Å². The number of rotatable bonds is 10. The molecular weight excluding hydrogens is 378 g/mol. The zero-order chi connectivity index (χ0) is 20.9. The fraction of sp³-hybridized carbons (Fsp3) is 0.333. The van der Waals surface area contributed by atoms with Crippen LogP contribution in [0.1, 0.15) is 0 Å². The second kappa shape index (κ2) is 9.45. The highest BCUT2D eigenvalue weighted by atomic mass is 16.3. The van der Waals surface area contributed by atoms with E-state index < -0.39 is 12.2 Å². The first-order valence-electron chi connectivity index (χ1n) is 10.4. The van der Waals surface area contributed by atoms with Gasteiger partial charge in [-0.05, 0) is 35.0 Å². The van der Waals surface area contributed by atoms with Crippen LogP contribution in [-0.2, 0) is 13.1 Å². The summed E-state index contributed by atoms with van der Waals surface area (Å²) in [7, 11) is 0. The largest absolute Gasteiger partial charge is 0.395 e. The Bertz CT molecular complexity index is 1000. The van der Waals surface area contributed by atoms with Crippen LogP contribution in [-0.4, -0.2) is 67.8 Å². The molecule has 6 heteroatoms. The first kappa shape index (κ1) is 20.6. The van der Waals surface area contributed by atoms with Crippen LogP contribution in [0.3, 0.4) is 0 Å². The molecule has 0 unspecified atom stereocenters. The van der Waals surface area contributed by atoms with Crippen molar-refractivity contribution in [3.8, 4) is 0 Å². The van der Waals surface area contributed by atoms with Gasteiger partial charge in [-0.15, -0.1) is 0 Å². The molecule has 0 bridgehead atoms. The molecule has 0 saturated carbocycles. The number of aromatic nitrogens is 2. The van der Waals surface area contributed by atoms with Crippen molar-refractivity contribution in [3.05, 3.63) is 73.1 Å². The first-order chi connectivity index (χ1) is 14.6. The van der Waals surface area contributed by atoms with Crippen LogP contribution in [0.5, 0.6) is 0 Å². The van der Waals surface area contributed by atoms with Gasteiger partial charge in [0.15, 0.2) is 0 Å². The average Bonchev–Trinajstić information content (AvgIpc) is 3.33. The van der Waals surface area contributed by atoms with Crippen molar-refractivity contribution < 1.29 is 15.3 Å². The van der Waals surface area contributed by atoms with Gasteiger partial charge in [-0.1, -0.05) is 36.4 Å². The molecule has 158 valence electrons. The highest BCUT2D eigenvalue weighted by Crippen LogP contribution is 2.17. The second-order valence-electron chi connectivity index (χ2n) is 7.84. The van der Waals surface area contributed by atoms with Crippen molar-refractivity contribution in [2.75, 3.05) is 26.2 Å². The summed E-state index contributed by atoms with van der Waals surface area (Å²) in [4.78, 5) is 1.92. The van der Waals surface area contributed by atoms with Crippen LogP contribution < -0.4 is 0 Å². The SMILES string of the molecule is OCCN(C[C@@H](O)Cn1ccc2ccccc21)C[C@@H](O)Cn1ccc2ccccc21. The molecule has 4 rings (SSSR count). The van der Waals surface area contributed by atoms with Crippen LogP contribution in [0, 0.1) is 0 Å². The van der Waals surface area contributed by atoms with Crippen molar-refractivity contribution >= 4 is 21.8 Å². The van der Waals surface area contributed by atoms with Gasteiger partial charge in [-0.2, -0.15) is 0 Å². The third-order valence-electron chi connectivity index (χ3n) is 5.53. The quantitative estimate of drug-likeness (QED) is 0.377. The molecule has 0 fully saturated rings. The molecule has 30 heavy (non-hydrogen) atoms. The van der Waals surface area contributed by atoms with E-state index in [1.54, 1.807) is 0 Å². The Morgan fingerprint density at radius 2 is 1.17 bits per heavy atom. The monoisotopic (exact) mass is 407 g/mol. The van der Waals surface area contributed by atoms with Crippen molar-refractivity contribution in [1.82, 2.24) is 14.0 Å². The van der Waals surface area contributed by atoms with Crippen molar-refractivity contribution in [2.45, 2.75) is 25.3 Å². The third-order valence-corrected chi connectivity index (χ3v) is 5.53. The van der Waals surface area contributed by atoms with Gasteiger partial charge in [0.25, 0.3) is 0 Å². The third kappa shape index (κ3) is 4.74. The minimum Gasteiger partial charge on any atom is -0.395 e. The second-order valence-corrected chi connectivity index (χ2v) is 7.84. The van der Waals surface area contributed by atoms with E-state index in [4.69, 9.17) is 0 Å². The Kier molecular flexibility index (Phi) is 6.50. The lowest BCUT2D eigenvalue weighted by Gasteiger charge is -2.27. The summed E-state index contributed by atoms with van der Waals surface area (Å²) in [6.45, 7) is 2.10. The van der Waals surface area contributed by atoms with Crippen LogP contribution in [0.2, 0.25) is 0 Å². The number of fused-ring (bicyclic) bond motifs is 2. The van der Waals surface area contributed by atoms with Crippen LogP contribution in [0.4, 0.5) is 0 Å². The standard InChI is InChI=1S/C24H29N3O3/c28-14-13-25(15-21(29)17-26-11-9-19-5-1-3-7-23(19)26)16-22(30)18-27-12-10-20-6-2-4-8-24(20)27/h1-12,21-22,28-30H,13-18H2/t21-,22-/m1/s1. The highest BCUT2D eigenvalue weighted by Gasteiger charge is 2.17. The van der Waals surface area contributed by atoms with Gasteiger partial charge < -0.3 is 24.5 Å². The Morgan fingerprint density at radius 1 is 0.700 bits per heavy atom. The fourth-order valence-electron chi connectivity index (χ4n) is 4.16. The fourth-order valence-corrected chi connectivity index (χ4v) is 4.16. The minimum atomic E-state index is -0.605. The average molecular weight is 408 g/mol. The summed E-state index contributed by atoms with van der Waals surface area (Å²) in [5.74, 6) is 0. The molecule has 0 saturated heterocycles. The first-order valence-corrected chi connectivity index (χ1v) is 10.4. The van der Waals surface area contributed by atoms with Gasteiger partial charge >= 0.3 is 0 Å². The molecule has 2 heterocycles. The number of nitrogens with zero attached hydrogens (tertiary/aromatic N) is 3. The van der Waals surface area contributed by atoms with Crippen molar-refractivity contribution in [3.63, 3.8) is 0 Å². The normalized spacial score (nSPS) is 14.0. The maximum absolute atomic E-state index is 10.7. The molecule has 0 aliphatic rings. The molecule has 2 atom stereocenters. The van der Waals surface area contributed by atoms with Gasteiger partial charge in [0.2, 0.25) is 0 Å². The van der Waals surface area contributed by atoms with Gasteiger partial charge in [-0.3, -0.25) is 4.90 Å². The summed E-state index contributed by atoms with van der Waals surface area (Å²) in [5, 5.41) is 33.0. The molecule has 0 radical (unpaired) electrons. The Labute approximate surface area is 176 Å². The van der Waals surface area contributed by atoms with Crippen LogP contribution in [0.25, 0.3) is 21.8 Å². The van der Waals surface area contributed by atoms with E-state index in [0.717, 1.165) is 21.8 Å². The summed E-state index contributed by atoms with van der Waals surface area (Å²) < 4.78 is 4.08. The molecule has 0 spiro atoms. The number of benzene rings is 2. The molecular formula is C24H29N3O3. The molecule has 2 aromatic heterocycles. The van der Waals surface area contributed by atoms with E-state index in [2.05, 4.69) is 12.1 Å². The Balaban J connectivity index is 1.36. The molecule has 3 N–H and O–H groups in total. The van der Waals surface area contributed by atoms with Crippen molar-refractivity contribution in [1.29, 1.82) is 0 Å². The predicted octanol–water partition coefficient (Wildman–Crippen LogP) is 2.31. The maximum Gasteiger partial charge on any atom is 0.0845 e.